The van der Waals surface area contributed by atoms with Crippen molar-refractivity contribution in [3.8, 4) is 0 Å². The molecular formula is C16H17ClFN2O+. The van der Waals surface area contributed by atoms with Crippen LogP contribution in [0.4, 0.5) is 10.1 Å². The summed E-state index contributed by atoms with van der Waals surface area (Å²) >= 11 is 5.84. The second-order valence-electron chi connectivity index (χ2n) is 4.84. The summed E-state index contributed by atoms with van der Waals surface area (Å²) in [4.78, 5) is 11.8. The molecule has 1 atom stereocenters. The summed E-state index contributed by atoms with van der Waals surface area (Å²) in [6.45, 7) is 2.28. The Hall–Kier alpha value is -1.91. The van der Waals surface area contributed by atoms with E-state index in [1.54, 1.807) is 12.1 Å². The van der Waals surface area contributed by atoms with E-state index < -0.39 is 0 Å². The first-order chi connectivity index (χ1) is 10.0. The zero-order valence-electron chi connectivity index (χ0n) is 11.6. The molecule has 0 fully saturated rings. The van der Waals surface area contributed by atoms with E-state index in [0.717, 1.165) is 5.56 Å². The molecule has 0 heterocycles. The van der Waals surface area contributed by atoms with Gasteiger partial charge in [-0.15, -0.1) is 0 Å². The Labute approximate surface area is 128 Å². The number of amides is 1. The number of halogens is 2. The number of nitrogens with one attached hydrogen (secondary N) is 1. The summed E-state index contributed by atoms with van der Waals surface area (Å²) in [6.07, 6.45) is 0. The highest BCUT2D eigenvalue weighted by Gasteiger charge is 2.11. The van der Waals surface area contributed by atoms with Crippen LogP contribution in [0, 0.1) is 5.82 Å². The topological polar surface area (TPSA) is 45.7 Å². The van der Waals surface area contributed by atoms with Gasteiger partial charge in [0.15, 0.2) is 6.54 Å². The normalized spacial score (nSPS) is 12.0. The molecule has 0 aliphatic heterocycles. The van der Waals surface area contributed by atoms with Crippen molar-refractivity contribution in [2.24, 2.45) is 0 Å². The minimum absolute atomic E-state index is 0.139. The third-order valence-corrected chi connectivity index (χ3v) is 3.41. The van der Waals surface area contributed by atoms with Gasteiger partial charge in [0.25, 0.3) is 5.91 Å². The number of hydrogen-bond acceptors (Lipinski definition) is 1. The van der Waals surface area contributed by atoms with Crippen LogP contribution in [0.3, 0.4) is 0 Å². The third-order valence-electron chi connectivity index (χ3n) is 3.16. The first kappa shape index (κ1) is 15.5. The molecule has 5 heteroatoms. The molecule has 0 bridgehead atoms. The van der Waals surface area contributed by atoms with E-state index in [9.17, 15) is 9.18 Å². The number of carbonyl (C=O) groups is 1. The summed E-state index contributed by atoms with van der Waals surface area (Å²) in [6, 6.07) is 13.5. The number of anilines is 1. The van der Waals surface area contributed by atoms with E-state index in [2.05, 4.69) is 5.32 Å². The van der Waals surface area contributed by atoms with E-state index in [4.69, 9.17) is 11.6 Å². The minimum Gasteiger partial charge on any atom is -0.333 e. The highest BCUT2D eigenvalue weighted by atomic mass is 35.5. The van der Waals surface area contributed by atoms with Crippen LogP contribution in [-0.2, 0) is 4.79 Å². The molecule has 3 N–H and O–H groups in total. The smallest absolute Gasteiger partial charge is 0.279 e. The molecule has 0 unspecified atom stereocenters. The molecule has 0 aliphatic carbocycles. The number of quaternary nitrogens is 1. The molecule has 0 aromatic heterocycles. The van der Waals surface area contributed by atoms with Crippen molar-refractivity contribution >= 4 is 23.2 Å². The fourth-order valence-electron chi connectivity index (χ4n) is 1.96. The molecule has 2 aromatic rings. The van der Waals surface area contributed by atoms with Crippen LogP contribution < -0.4 is 10.6 Å². The predicted octanol–water partition coefficient (Wildman–Crippen LogP) is 2.74. The fraction of sp³-hybridized carbons (Fsp3) is 0.188. The highest BCUT2D eigenvalue weighted by molar-refractivity contribution is 6.30. The van der Waals surface area contributed by atoms with Crippen molar-refractivity contribution in [1.29, 1.82) is 0 Å². The molecule has 110 valence electrons. The van der Waals surface area contributed by atoms with Crippen LogP contribution in [0.25, 0.3) is 0 Å². The summed E-state index contributed by atoms with van der Waals surface area (Å²) in [7, 11) is 0. The first-order valence-electron chi connectivity index (χ1n) is 6.69. The van der Waals surface area contributed by atoms with Gasteiger partial charge in [-0.2, -0.15) is 0 Å². The van der Waals surface area contributed by atoms with Crippen molar-refractivity contribution in [2.75, 3.05) is 11.9 Å². The van der Waals surface area contributed by atoms with E-state index in [1.807, 2.05) is 36.5 Å². The van der Waals surface area contributed by atoms with E-state index >= 15 is 0 Å². The molecule has 2 aromatic carbocycles. The van der Waals surface area contributed by atoms with Crippen LogP contribution in [0.15, 0.2) is 48.5 Å². The Balaban J connectivity index is 1.84. The van der Waals surface area contributed by atoms with Gasteiger partial charge in [-0.05, 0) is 37.3 Å². The Kier molecular flexibility index (Phi) is 5.31. The molecule has 21 heavy (non-hydrogen) atoms. The van der Waals surface area contributed by atoms with Gasteiger partial charge in [0.2, 0.25) is 0 Å². The largest absolute Gasteiger partial charge is 0.333 e. The molecule has 3 nitrogen and oxygen atoms in total. The van der Waals surface area contributed by atoms with Crippen molar-refractivity contribution < 1.29 is 14.5 Å². The third kappa shape index (κ3) is 4.85. The number of nitrogens with two attached hydrogens (primary N) is 1. The second kappa shape index (κ2) is 7.20. The molecule has 0 saturated carbocycles. The van der Waals surface area contributed by atoms with Crippen LogP contribution in [0.2, 0.25) is 5.02 Å². The van der Waals surface area contributed by atoms with Gasteiger partial charge in [-0.3, -0.25) is 4.79 Å². The van der Waals surface area contributed by atoms with Gasteiger partial charge in [-0.1, -0.05) is 29.8 Å². The lowest BCUT2D eigenvalue weighted by atomic mass is 10.1. The van der Waals surface area contributed by atoms with Crippen LogP contribution in [0.5, 0.6) is 0 Å². The maximum absolute atomic E-state index is 13.0. The van der Waals surface area contributed by atoms with Crippen molar-refractivity contribution in [1.82, 2.24) is 0 Å². The Morgan fingerprint density at radius 3 is 2.67 bits per heavy atom. The van der Waals surface area contributed by atoms with Crippen LogP contribution in [0.1, 0.15) is 18.5 Å². The van der Waals surface area contributed by atoms with Crippen molar-refractivity contribution in [3.05, 3.63) is 64.9 Å². The minimum atomic E-state index is -0.369. The Morgan fingerprint density at radius 2 is 2.00 bits per heavy atom. The van der Waals surface area contributed by atoms with Crippen molar-refractivity contribution in [3.63, 3.8) is 0 Å². The maximum atomic E-state index is 13.0. The molecular weight excluding hydrogens is 291 g/mol. The molecule has 0 aliphatic rings. The van der Waals surface area contributed by atoms with E-state index in [-0.39, 0.29) is 24.3 Å². The fourth-order valence-corrected chi connectivity index (χ4v) is 2.09. The molecule has 0 saturated heterocycles. The van der Waals surface area contributed by atoms with Gasteiger partial charge in [0, 0.05) is 16.3 Å². The van der Waals surface area contributed by atoms with Gasteiger partial charge >= 0.3 is 0 Å². The SMILES string of the molecule is C[C@H]([NH2+]CC(=O)Nc1cccc(F)c1)c1ccc(Cl)cc1. The lowest BCUT2D eigenvalue weighted by molar-refractivity contribution is -0.682. The molecule has 0 radical (unpaired) electrons. The Morgan fingerprint density at radius 1 is 1.29 bits per heavy atom. The monoisotopic (exact) mass is 307 g/mol. The molecule has 2 rings (SSSR count). The average Bonchev–Trinajstić information content (AvgIpc) is 2.45. The zero-order valence-corrected chi connectivity index (χ0v) is 12.4. The number of hydrogen-bond donors (Lipinski definition) is 2. The first-order valence-corrected chi connectivity index (χ1v) is 7.06. The lowest BCUT2D eigenvalue weighted by Gasteiger charge is -2.11. The van der Waals surface area contributed by atoms with Crippen LogP contribution >= 0.6 is 11.6 Å². The summed E-state index contributed by atoms with van der Waals surface area (Å²) in [5.41, 5.74) is 1.56. The molecule has 0 spiro atoms. The number of benzene rings is 2. The van der Waals surface area contributed by atoms with Crippen molar-refractivity contribution in [2.45, 2.75) is 13.0 Å². The lowest BCUT2D eigenvalue weighted by Crippen LogP contribution is -2.86. The highest BCUT2D eigenvalue weighted by Crippen LogP contribution is 2.13. The maximum Gasteiger partial charge on any atom is 0.279 e. The van der Waals surface area contributed by atoms with Crippen LogP contribution in [-0.4, -0.2) is 12.5 Å². The zero-order chi connectivity index (χ0) is 15.2. The molecule has 1 amide bonds. The summed E-state index contributed by atoms with van der Waals surface area (Å²) < 4.78 is 13.0. The van der Waals surface area contributed by atoms with E-state index in [0.29, 0.717) is 10.7 Å². The predicted molar refractivity (Wildman–Crippen MR) is 81.7 cm³/mol. The van der Waals surface area contributed by atoms with Gasteiger partial charge < -0.3 is 10.6 Å². The Bertz CT molecular complexity index is 616. The number of rotatable bonds is 5. The van der Waals surface area contributed by atoms with Gasteiger partial charge in [0.1, 0.15) is 11.9 Å². The van der Waals surface area contributed by atoms with Gasteiger partial charge in [0.05, 0.1) is 0 Å². The van der Waals surface area contributed by atoms with Gasteiger partial charge in [-0.25, -0.2) is 4.39 Å². The van der Waals surface area contributed by atoms with E-state index in [1.165, 1.54) is 12.1 Å². The number of carbonyl (C=O) groups excluding carboxylic acids is 1. The second-order valence-corrected chi connectivity index (χ2v) is 5.28. The quantitative estimate of drug-likeness (QED) is 0.876. The summed E-state index contributed by atoms with van der Waals surface area (Å²) in [5, 5.41) is 5.27. The summed E-state index contributed by atoms with van der Waals surface area (Å²) in [5.74, 6) is -0.535. The standard InChI is InChI=1S/C16H16ClFN2O/c1-11(12-5-7-13(17)8-6-12)19-10-16(21)20-15-4-2-3-14(18)9-15/h2-9,11,19H,10H2,1H3,(H,20,21)/p+1/t11-/m0/s1. The average molecular weight is 308 g/mol.